The summed E-state index contributed by atoms with van der Waals surface area (Å²) in [5.74, 6) is 0.247. The predicted octanol–water partition coefficient (Wildman–Crippen LogP) is 4.08. The van der Waals surface area contributed by atoms with E-state index in [4.69, 9.17) is 16.3 Å². The summed E-state index contributed by atoms with van der Waals surface area (Å²) in [6, 6.07) is 7.58. The fourth-order valence-corrected chi connectivity index (χ4v) is 3.61. The van der Waals surface area contributed by atoms with E-state index in [-0.39, 0.29) is 35.2 Å². The van der Waals surface area contributed by atoms with E-state index in [2.05, 4.69) is 10.3 Å². The second-order valence-corrected chi connectivity index (χ2v) is 8.29. The number of rotatable bonds is 6. The fraction of sp³-hybridized carbons (Fsp3) is 0.409. The number of amides is 2. The summed E-state index contributed by atoms with van der Waals surface area (Å²) in [4.78, 5) is 31.3. The first-order valence-corrected chi connectivity index (χ1v) is 10.6. The van der Waals surface area contributed by atoms with Gasteiger partial charge in [-0.2, -0.15) is 13.2 Å². The number of alkyl halides is 3. The van der Waals surface area contributed by atoms with Crippen LogP contribution in [-0.2, 0) is 15.8 Å². The lowest BCUT2D eigenvalue weighted by molar-refractivity contribution is -0.137. The smallest absolute Gasteiger partial charge is 0.417 e. The largest absolute Gasteiger partial charge is 0.484 e. The number of halogens is 4. The number of nitrogens with zero attached hydrogens (tertiary/aromatic N) is 3. The molecule has 2 aromatic rings. The van der Waals surface area contributed by atoms with Gasteiger partial charge < -0.3 is 19.9 Å². The first-order chi connectivity index (χ1) is 15.5. The van der Waals surface area contributed by atoms with Gasteiger partial charge in [0.05, 0.1) is 10.6 Å². The van der Waals surface area contributed by atoms with E-state index in [1.807, 2.05) is 0 Å². The number of ether oxygens (including phenoxy) is 1. The Morgan fingerprint density at radius 3 is 2.39 bits per heavy atom. The summed E-state index contributed by atoms with van der Waals surface area (Å²) in [5, 5.41) is 2.79. The van der Waals surface area contributed by atoms with Crippen molar-refractivity contribution in [2.45, 2.75) is 19.0 Å². The van der Waals surface area contributed by atoms with E-state index in [9.17, 15) is 22.8 Å². The number of carbonyl (C=O) groups excluding carboxylic acids is 2. The van der Waals surface area contributed by atoms with E-state index in [0.717, 1.165) is 12.3 Å². The number of aromatic nitrogens is 1. The minimum atomic E-state index is -4.51. The molecule has 1 aromatic heterocycles. The van der Waals surface area contributed by atoms with Gasteiger partial charge in [-0.1, -0.05) is 11.6 Å². The third-order valence-corrected chi connectivity index (χ3v) is 5.58. The van der Waals surface area contributed by atoms with Crippen molar-refractivity contribution >= 4 is 34.9 Å². The minimum absolute atomic E-state index is 0.0673. The molecule has 0 unspecified atom stereocenters. The predicted molar refractivity (Wildman–Crippen MR) is 118 cm³/mol. The molecule has 2 amide bonds. The third-order valence-electron chi connectivity index (χ3n) is 5.30. The van der Waals surface area contributed by atoms with Crippen LogP contribution in [0.2, 0.25) is 5.02 Å². The summed E-state index contributed by atoms with van der Waals surface area (Å²) in [6.07, 6.45) is -2.71. The molecular weight excluding hydrogens is 461 g/mol. The molecule has 0 bridgehead atoms. The van der Waals surface area contributed by atoms with Crippen LogP contribution in [0.5, 0.6) is 5.75 Å². The number of benzene rings is 1. The lowest BCUT2D eigenvalue weighted by Gasteiger charge is -2.32. The van der Waals surface area contributed by atoms with E-state index in [1.54, 1.807) is 43.3 Å². The Morgan fingerprint density at radius 1 is 1.21 bits per heavy atom. The van der Waals surface area contributed by atoms with Gasteiger partial charge >= 0.3 is 6.18 Å². The Kier molecular flexibility index (Phi) is 7.68. The van der Waals surface area contributed by atoms with Gasteiger partial charge in [0.1, 0.15) is 11.6 Å². The molecule has 7 nitrogen and oxygen atoms in total. The zero-order valence-corrected chi connectivity index (χ0v) is 18.9. The Bertz CT molecular complexity index is 991. The molecule has 33 heavy (non-hydrogen) atoms. The van der Waals surface area contributed by atoms with Crippen LogP contribution in [0.4, 0.5) is 24.7 Å². The molecule has 1 fully saturated rings. The highest BCUT2D eigenvalue weighted by atomic mass is 35.5. The van der Waals surface area contributed by atoms with Crippen molar-refractivity contribution in [3.63, 3.8) is 0 Å². The van der Waals surface area contributed by atoms with Crippen LogP contribution in [0.25, 0.3) is 0 Å². The van der Waals surface area contributed by atoms with Crippen molar-refractivity contribution < 1.29 is 27.5 Å². The van der Waals surface area contributed by atoms with Crippen molar-refractivity contribution in [2.24, 2.45) is 5.92 Å². The maximum Gasteiger partial charge on any atom is 0.417 e. The molecule has 11 heteroatoms. The first-order valence-electron chi connectivity index (χ1n) is 10.3. The normalized spacial score (nSPS) is 14.7. The van der Waals surface area contributed by atoms with Gasteiger partial charge in [-0.05, 0) is 43.2 Å². The summed E-state index contributed by atoms with van der Waals surface area (Å²) in [6.45, 7) is 0.820. The van der Waals surface area contributed by atoms with Crippen LogP contribution in [0, 0.1) is 5.92 Å². The van der Waals surface area contributed by atoms with E-state index in [1.165, 1.54) is 4.90 Å². The molecular formula is C22H24ClF3N4O3. The minimum Gasteiger partial charge on any atom is -0.484 e. The van der Waals surface area contributed by atoms with Crippen molar-refractivity contribution in [3.05, 3.63) is 47.1 Å². The lowest BCUT2D eigenvalue weighted by atomic mass is 9.95. The second-order valence-electron chi connectivity index (χ2n) is 7.88. The number of hydrogen-bond donors (Lipinski definition) is 1. The number of pyridine rings is 1. The maximum absolute atomic E-state index is 12.8. The molecule has 0 spiro atoms. The Hall–Kier alpha value is -3.01. The molecule has 3 rings (SSSR count). The average Bonchev–Trinajstić information content (AvgIpc) is 2.77. The van der Waals surface area contributed by atoms with Gasteiger partial charge in [0.2, 0.25) is 5.91 Å². The van der Waals surface area contributed by atoms with Crippen LogP contribution in [0.1, 0.15) is 18.4 Å². The number of likely N-dealkylation sites (N-methyl/N-ethyl adjacent to an activating group) is 1. The third kappa shape index (κ3) is 6.50. The topological polar surface area (TPSA) is 74.8 Å². The highest BCUT2D eigenvalue weighted by Gasteiger charge is 2.33. The van der Waals surface area contributed by atoms with Crippen LogP contribution < -0.4 is 15.0 Å². The van der Waals surface area contributed by atoms with Crippen molar-refractivity contribution in [1.82, 2.24) is 9.88 Å². The molecule has 0 radical (unpaired) electrons. The molecule has 1 aliphatic rings. The number of anilines is 2. The summed E-state index contributed by atoms with van der Waals surface area (Å²) in [7, 11) is 3.28. The van der Waals surface area contributed by atoms with Gasteiger partial charge in [0, 0.05) is 45.0 Å². The number of hydrogen-bond acceptors (Lipinski definition) is 5. The Labute approximate surface area is 194 Å². The molecule has 2 heterocycles. The number of piperidine rings is 1. The van der Waals surface area contributed by atoms with Gasteiger partial charge in [0.25, 0.3) is 5.91 Å². The highest BCUT2D eigenvalue weighted by Crippen LogP contribution is 2.34. The SMILES string of the molecule is CN(C)C(=O)COc1ccc(NC(=O)C2CCN(c3ncc(C(F)(F)F)cc3Cl)CC2)cc1. The van der Waals surface area contributed by atoms with Gasteiger partial charge in [-0.25, -0.2) is 4.98 Å². The van der Waals surface area contributed by atoms with Gasteiger partial charge in [-0.3, -0.25) is 9.59 Å². The van der Waals surface area contributed by atoms with Crippen molar-refractivity contribution in [1.29, 1.82) is 0 Å². The first kappa shape index (κ1) is 24.6. The van der Waals surface area contributed by atoms with E-state index < -0.39 is 11.7 Å². The molecule has 0 atom stereocenters. The summed E-state index contributed by atoms with van der Waals surface area (Å²) < 4.78 is 43.8. The molecule has 0 aliphatic carbocycles. The molecule has 1 saturated heterocycles. The zero-order valence-electron chi connectivity index (χ0n) is 18.2. The standard InChI is InChI=1S/C22H24ClF3N4O3/c1-29(2)19(31)13-33-17-5-3-16(4-6-17)28-21(32)14-7-9-30(10-8-14)20-18(23)11-15(12-27-20)22(24,25)26/h3-6,11-12,14H,7-10,13H2,1-2H3,(H,28,32). The van der Waals surface area contributed by atoms with Crippen LogP contribution in [-0.4, -0.2) is 55.5 Å². The van der Waals surface area contributed by atoms with Crippen LogP contribution in [0.15, 0.2) is 36.5 Å². The molecule has 1 aromatic carbocycles. The lowest BCUT2D eigenvalue weighted by Crippen LogP contribution is -2.38. The van der Waals surface area contributed by atoms with Gasteiger partial charge in [0.15, 0.2) is 6.61 Å². The van der Waals surface area contributed by atoms with Crippen molar-refractivity contribution in [2.75, 3.05) is 44.0 Å². The molecule has 1 aliphatic heterocycles. The van der Waals surface area contributed by atoms with Gasteiger partial charge in [-0.15, -0.1) is 0 Å². The van der Waals surface area contributed by atoms with Crippen molar-refractivity contribution in [3.8, 4) is 5.75 Å². The van der Waals surface area contributed by atoms with Crippen LogP contribution >= 0.6 is 11.6 Å². The average molecular weight is 485 g/mol. The Morgan fingerprint density at radius 2 is 1.85 bits per heavy atom. The highest BCUT2D eigenvalue weighted by molar-refractivity contribution is 6.33. The number of nitrogens with one attached hydrogen (secondary N) is 1. The number of carbonyl (C=O) groups is 2. The second kappa shape index (κ2) is 10.3. The monoisotopic (exact) mass is 484 g/mol. The van der Waals surface area contributed by atoms with E-state index in [0.29, 0.717) is 37.4 Å². The van der Waals surface area contributed by atoms with E-state index >= 15 is 0 Å². The molecule has 178 valence electrons. The maximum atomic E-state index is 12.8. The molecule has 1 N–H and O–H groups in total. The quantitative estimate of drug-likeness (QED) is 0.669. The van der Waals surface area contributed by atoms with Crippen LogP contribution in [0.3, 0.4) is 0 Å². The molecule has 0 saturated carbocycles. The summed E-state index contributed by atoms with van der Waals surface area (Å²) in [5.41, 5.74) is -0.299. The fourth-order valence-electron chi connectivity index (χ4n) is 3.32. The zero-order chi connectivity index (χ0) is 24.2. The Balaban J connectivity index is 1.51. The summed E-state index contributed by atoms with van der Waals surface area (Å²) >= 11 is 6.03.